The number of aromatic nitrogens is 3. The van der Waals surface area contributed by atoms with Crippen LogP contribution < -0.4 is 11.4 Å². The van der Waals surface area contributed by atoms with Crippen molar-refractivity contribution in [2.24, 2.45) is 0 Å². The van der Waals surface area contributed by atoms with E-state index in [0.717, 1.165) is 16.6 Å². The second-order valence-corrected chi connectivity index (χ2v) is 4.15. The maximum atomic E-state index is 11.9. The molecular formula is C13H12N4O. The monoisotopic (exact) mass is 240 g/mol. The molecule has 0 amide bonds. The van der Waals surface area contributed by atoms with Gasteiger partial charge in [0.25, 0.3) is 0 Å². The first kappa shape index (κ1) is 10.6. The lowest BCUT2D eigenvalue weighted by atomic mass is 10.2. The highest BCUT2D eigenvalue weighted by Crippen LogP contribution is 2.11. The Hall–Kier alpha value is -2.56. The molecule has 3 rings (SSSR count). The highest BCUT2D eigenvalue weighted by molar-refractivity contribution is 5.73. The fourth-order valence-electron chi connectivity index (χ4n) is 1.96. The van der Waals surface area contributed by atoms with Crippen LogP contribution in [-0.2, 0) is 6.54 Å². The van der Waals surface area contributed by atoms with E-state index in [1.807, 2.05) is 24.3 Å². The van der Waals surface area contributed by atoms with Crippen LogP contribution in [0.2, 0.25) is 0 Å². The molecule has 18 heavy (non-hydrogen) atoms. The number of nitrogen functional groups attached to an aromatic ring is 1. The van der Waals surface area contributed by atoms with E-state index in [9.17, 15) is 4.79 Å². The van der Waals surface area contributed by atoms with Gasteiger partial charge in [0.15, 0.2) is 0 Å². The van der Waals surface area contributed by atoms with Crippen molar-refractivity contribution >= 4 is 16.7 Å². The number of hydrogen-bond donors (Lipinski definition) is 2. The predicted octanol–water partition coefficient (Wildman–Crippen LogP) is 1.36. The molecule has 3 aromatic rings. The van der Waals surface area contributed by atoms with E-state index in [1.165, 1.54) is 0 Å². The van der Waals surface area contributed by atoms with Gasteiger partial charge in [-0.05, 0) is 23.8 Å². The highest BCUT2D eigenvalue weighted by atomic mass is 16.1. The summed E-state index contributed by atoms with van der Waals surface area (Å²) >= 11 is 0. The summed E-state index contributed by atoms with van der Waals surface area (Å²) < 4.78 is 1.66. The van der Waals surface area contributed by atoms with E-state index in [1.54, 1.807) is 23.0 Å². The molecule has 0 bridgehead atoms. The third-order valence-corrected chi connectivity index (χ3v) is 2.90. The van der Waals surface area contributed by atoms with Gasteiger partial charge in [-0.2, -0.15) is 0 Å². The van der Waals surface area contributed by atoms with Gasteiger partial charge in [-0.15, -0.1) is 0 Å². The number of nitrogens with one attached hydrogen (secondary N) is 1. The second kappa shape index (κ2) is 4.03. The molecule has 3 N–H and O–H groups in total. The van der Waals surface area contributed by atoms with Gasteiger partial charge < -0.3 is 10.7 Å². The summed E-state index contributed by atoms with van der Waals surface area (Å²) in [5.74, 6) is 0. The van der Waals surface area contributed by atoms with Crippen molar-refractivity contribution in [2.45, 2.75) is 6.54 Å². The average molecular weight is 240 g/mol. The largest absolute Gasteiger partial charge is 0.399 e. The van der Waals surface area contributed by atoms with E-state index < -0.39 is 0 Å². The Balaban J connectivity index is 2.07. The Morgan fingerprint density at radius 2 is 2.00 bits per heavy atom. The van der Waals surface area contributed by atoms with Crippen molar-refractivity contribution in [3.05, 3.63) is 58.8 Å². The van der Waals surface area contributed by atoms with Gasteiger partial charge >= 0.3 is 5.69 Å². The number of rotatable bonds is 2. The Kier molecular flexibility index (Phi) is 2.37. The zero-order valence-electron chi connectivity index (χ0n) is 9.63. The summed E-state index contributed by atoms with van der Waals surface area (Å²) in [6.07, 6.45) is 3.34. The Morgan fingerprint density at radius 1 is 1.22 bits per heavy atom. The number of fused-ring (bicyclic) bond motifs is 1. The third-order valence-electron chi connectivity index (χ3n) is 2.90. The van der Waals surface area contributed by atoms with Crippen LogP contribution >= 0.6 is 0 Å². The van der Waals surface area contributed by atoms with Crippen molar-refractivity contribution in [3.63, 3.8) is 0 Å². The minimum atomic E-state index is -0.130. The number of H-pyrrole nitrogens is 1. The van der Waals surface area contributed by atoms with Crippen LogP contribution in [-0.4, -0.2) is 14.5 Å². The molecule has 0 fully saturated rings. The van der Waals surface area contributed by atoms with Crippen LogP contribution in [0.1, 0.15) is 5.56 Å². The van der Waals surface area contributed by atoms with Crippen molar-refractivity contribution in [1.29, 1.82) is 0 Å². The van der Waals surface area contributed by atoms with Crippen LogP contribution in [0.15, 0.2) is 47.5 Å². The lowest BCUT2D eigenvalue weighted by Gasteiger charge is -2.03. The maximum Gasteiger partial charge on any atom is 0.326 e. The maximum absolute atomic E-state index is 11.9. The standard InChI is InChI=1S/C13H12N4O/c14-10-3-1-9(2-4-10)8-17-12-7-15-6-5-11(12)16-13(17)18/h1-7H,8,14H2,(H,16,18). The molecule has 1 aromatic carbocycles. The first-order chi connectivity index (χ1) is 8.74. The fraction of sp³-hybridized carbons (Fsp3) is 0.0769. The molecule has 0 atom stereocenters. The SMILES string of the molecule is Nc1ccc(Cn2c(=O)[nH]c3ccncc32)cc1. The molecule has 2 aromatic heterocycles. The number of anilines is 1. The summed E-state index contributed by atoms with van der Waals surface area (Å²) in [5, 5.41) is 0. The predicted molar refractivity (Wildman–Crippen MR) is 70.3 cm³/mol. The Bertz CT molecular complexity index is 740. The summed E-state index contributed by atoms with van der Waals surface area (Å²) in [6, 6.07) is 9.27. The summed E-state index contributed by atoms with van der Waals surface area (Å²) in [7, 11) is 0. The van der Waals surface area contributed by atoms with Gasteiger partial charge in [-0.25, -0.2) is 4.79 Å². The first-order valence-corrected chi connectivity index (χ1v) is 5.61. The van der Waals surface area contributed by atoms with Gasteiger partial charge in [-0.1, -0.05) is 12.1 Å². The van der Waals surface area contributed by atoms with Crippen LogP contribution in [0.25, 0.3) is 11.0 Å². The molecule has 0 radical (unpaired) electrons. The number of benzene rings is 1. The second-order valence-electron chi connectivity index (χ2n) is 4.15. The molecule has 5 nitrogen and oxygen atoms in total. The lowest BCUT2D eigenvalue weighted by molar-refractivity contribution is 0.786. The van der Waals surface area contributed by atoms with E-state index in [2.05, 4.69) is 9.97 Å². The fourth-order valence-corrected chi connectivity index (χ4v) is 1.96. The molecule has 0 spiro atoms. The number of pyridine rings is 1. The van der Waals surface area contributed by atoms with E-state index >= 15 is 0 Å². The molecule has 0 saturated heterocycles. The molecule has 5 heteroatoms. The van der Waals surface area contributed by atoms with E-state index in [0.29, 0.717) is 12.2 Å². The molecule has 0 aliphatic heterocycles. The quantitative estimate of drug-likeness (QED) is 0.664. The van der Waals surface area contributed by atoms with Crippen molar-refractivity contribution in [3.8, 4) is 0 Å². The smallest absolute Gasteiger partial charge is 0.326 e. The van der Waals surface area contributed by atoms with E-state index in [4.69, 9.17) is 5.73 Å². The average Bonchev–Trinajstić information content (AvgIpc) is 2.69. The van der Waals surface area contributed by atoms with Crippen LogP contribution in [0.5, 0.6) is 0 Å². The number of imidazole rings is 1. The number of nitrogens with zero attached hydrogens (tertiary/aromatic N) is 2. The molecule has 2 heterocycles. The molecule has 90 valence electrons. The molecule has 0 aliphatic carbocycles. The van der Waals surface area contributed by atoms with Crippen molar-refractivity contribution in [2.75, 3.05) is 5.73 Å². The first-order valence-electron chi connectivity index (χ1n) is 5.61. The van der Waals surface area contributed by atoms with Crippen LogP contribution in [0.3, 0.4) is 0 Å². The zero-order valence-corrected chi connectivity index (χ0v) is 9.63. The van der Waals surface area contributed by atoms with Crippen molar-refractivity contribution < 1.29 is 0 Å². The number of aromatic amines is 1. The highest BCUT2D eigenvalue weighted by Gasteiger charge is 2.06. The molecular weight excluding hydrogens is 228 g/mol. The van der Waals surface area contributed by atoms with Gasteiger partial charge in [0.1, 0.15) is 0 Å². The van der Waals surface area contributed by atoms with Gasteiger partial charge in [0.2, 0.25) is 0 Å². The van der Waals surface area contributed by atoms with E-state index in [-0.39, 0.29) is 5.69 Å². The summed E-state index contributed by atoms with van der Waals surface area (Å²) in [6.45, 7) is 0.505. The van der Waals surface area contributed by atoms with Crippen LogP contribution in [0.4, 0.5) is 5.69 Å². The molecule has 0 saturated carbocycles. The minimum absolute atomic E-state index is 0.130. The Morgan fingerprint density at radius 3 is 2.78 bits per heavy atom. The normalized spacial score (nSPS) is 10.9. The number of nitrogens with two attached hydrogens (primary N) is 1. The lowest BCUT2D eigenvalue weighted by Crippen LogP contribution is -2.17. The third kappa shape index (κ3) is 1.75. The topological polar surface area (TPSA) is 76.7 Å². The minimum Gasteiger partial charge on any atom is -0.399 e. The summed E-state index contributed by atoms with van der Waals surface area (Å²) in [4.78, 5) is 18.7. The molecule has 0 unspecified atom stereocenters. The van der Waals surface area contributed by atoms with Gasteiger partial charge in [0, 0.05) is 11.9 Å². The van der Waals surface area contributed by atoms with Gasteiger partial charge in [-0.3, -0.25) is 9.55 Å². The van der Waals surface area contributed by atoms with Gasteiger partial charge in [0.05, 0.1) is 23.8 Å². The summed E-state index contributed by atoms with van der Waals surface area (Å²) in [5.41, 5.74) is 8.85. The van der Waals surface area contributed by atoms with Crippen molar-refractivity contribution in [1.82, 2.24) is 14.5 Å². The van der Waals surface area contributed by atoms with Crippen LogP contribution in [0, 0.1) is 0 Å². The number of hydrogen-bond acceptors (Lipinski definition) is 3. The molecule has 0 aliphatic rings. The Labute approximate surface area is 103 Å². The zero-order chi connectivity index (χ0) is 12.5.